The van der Waals surface area contributed by atoms with Crippen LogP contribution in [-0.4, -0.2) is 24.2 Å². The van der Waals surface area contributed by atoms with Crippen molar-refractivity contribution in [2.24, 2.45) is 0 Å². The molecule has 0 radical (unpaired) electrons. The molecule has 5 heteroatoms. The number of fused-ring (bicyclic) bond motifs is 1. The fourth-order valence-electron chi connectivity index (χ4n) is 2.14. The summed E-state index contributed by atoms with van der Waals surface area (Å²) in [5, 5.41) is 8.70. The van der Waals surface area contributed by atoms with Gasteiger partial charge in [0.1, 0.15) is 12.4 Å². The summed E-state index contributed by atoms with van der Waals surface area (Å²) in [6.07, 6.45) is 0. The molecule has 1 aliphatic heterocycles. The van der Waals surface area contributed by atoms with Gasteiger partial charge in [0, 0.05) is 4.88 Å². The van der Waals surface area contributed by atoms with Crippen molar-refractivity contribution in [3.8, 4) is 17.6 Å². The molecule has 0 bridgehead atoms. The minimum Gasteiger partial charge on any atom is -0.482 e. The number of anilines is 1. The molecule has 1 aliphatic rings. The van der Waals surface area contributed by atoms with E-state index in [2.05, 4.69) is 11.8 Å². The smallest absolute Gasteiger partial charge is 0.265 e. The summed E-state index contributed by atoms with van der Waals surface area (Å²) in [6, 6.07) is 11.4. The molecule has 1 N–H and O–H groups in total. The van der Waals surface area contributed by atoms with Crippen molar-refractivity contribution in [2.45, 2.75) is 6.54 Å². The third-order valence-corrected chi connectivity index (χ3v) is 4.06. The van der Waals surface area contributed by atoms with Gasteiger partial charge in [0.15, 0.2) is 6.61 Å². The lowest BCUT2D eigenvalue weighted by Crippen LogP contribution is -2.37. The van der Waals surface area contributed by atoms with Gasteiger partial charge in [0.2, 0.25) is 0 Å². The minimum absolute atomic E-state index is 0.0508. The standard InChI is InChI=1S/C16H13NO3S/c18-9-3-4-12-7-8-13(21-12)10-17-14-5-1-2-6-15(14)20-11-16(17)19/h1-2,5-8,18H,9-11H2. The second-order valence-electron chi connectivity index (χ2n) is 4.46. The van der Waals surface area contributed by atoms with Crippen LogP contribution < -0.4 is 9.64 Å². The zero-order chi connectivity index (χ0) is 14.7. The van der Waals surface area contributed by atoms with Crippen LogP contribution in [0, 0.1) is 11.8 Å². The average molecular weight is 299 g/mol. The van der Waals surface area contributed by atoms with Crippen LogP contribution in [-0.2, 0) is 11.3 Å². The van der Waals surface area contributed by atoms with Gasteiger partial charge in [-0.3, -0.25) is 4.79 Å². The van der Waals surface area contributed by atoms with Gasteiger partial charge in [-0.05, 0) is 24.3 Å². The first kappa shape index (κ1) is 13.7. The van der Waals surface area contributed by atoms with E-state index in [9.17, 15) is 4.79 Å². The fraction of sp³-hybridized carbons (Fsp3) is 0.188. The maximum atomic E-state index is 12.1. The third kappa shape index (κ3) is 2.92. The Labute approximate surface area is 126 Å². The van der Waals surface area contributed by atoms with Crippen LogP contribution in [0.5, 0.6) is 5.75 Å². The number of rotatable bonds is 2. The first-order chi connectivity index (χ1) is 10.3. The van der Waals surface area contributed by atoms with E-state index < -0.39 is 0 Å². The van der Waals surface area contributed by atoms with Gasteiger partial charge in [0.25, 0.3) is 5.91 Å². The van der Waals surface area contributed by atoms with E-state index in [1.165, 1.54) is 11.3 Å². The molecule has 2 heterocycles. The zero-order valence-corrected chi connectivity index (χ0v) is 12.0. The van der Waals surface area contributed by atoms with Gasteiger partial charge in [-0.15, -0.1) is 11.3 Å². The number of carbonyl (C=O) groups excluding carboxylic acids is 1. The van der Waals surface area contributed by atoms with Gasteiger partial charge in [-0.25, -0.2) is 0 Å². The fourth-order valence-corrected chi connectivity index (χ4v) is 3.01. The Morgan fingerprint density at radius 2 is 2.14 bits per heavy atom. The van der Waals surface area contributed by atoms with E-state index >= 15 is 0 Å². The summed E-state index contributed by atoms with van der Waals surface area (Å²) >= 11 is 1.52. The number of carbonyl (C=O) groups is 1. The highest BCUT2D eigenvalue weighted by Crippen LogP contribution is 2.33. The Balaban J connectivity index is 1.84. The van der Waals surface area contributed by atoms with Crippen LogP contribution in [0.15, 0.2) is 36.4 Å². The van der Waals surface area contributed by atoms with Crippen molar-refractivity contribution < 1.29 is 14.6 Å². The Hall–Kier alpha value is -2.29. The highest BCUT2D eigenvalue weighted by Gasteiger charge is 2.25. The molecule has 1 aromatic heterocycles. The van der Waals surface area contributed by atoms with E-state index in [-0.39, 0.29) is 19.1 Å². The predicted molar refractivity (Wildman–Crippen MR) is 81.4 cm³/mol. The number of hydrogen-bond donors (Lipinski definition) is 1. The molecular formula is C16H13NO3S. The van der Waals surface area contributed by atoms with E-state index in [0.717, 1.165) is 21.2 Å². The number of nitrogens with zero attached hydrogens (tertiary/aromatic N) is 1. The number of para-hydroxylation sites is 2. The summed E-state index contributed by atoms with van der Waals surface area (Å²) in [5.41, 5.74) is 0.796. The van der Waals surface area contributed by atoms with Crippen molar-refractivity contribution in [1.82, 2.24) is 0 Å². The minimum atomic E-state index is -0.150. The van der Waals surface area contributed by atoms with Crippen molar-refractivity contribution in [2.75, 3.05) is 18.1 Å². The predicted octanol–water partition coefficient (Wildman–Crippen LogP) is 2.02. The molecule has 1 aromatic carbocycles. The highest BCUT2D eigenvalue weighted by molar-refractivity contribution is 7.12. The van der Waals surface area contributed by atoms with Crippen LogP contribution in [0.4, 0.5) is 5.69 Å². The van der Waals surface area contributed by atoms with Gasteiger partial charge in [-0.1, -0.05) is 24.0 Å². The molecule has 0 saturated heterocycles. The van der Waals surface area contributed by atoms with E-state index in [4.69, 9.17) is 9.84 Å². The lowest BCUT2D eigenvalue weighted by molar-refractivity contribution is -0.121. The molecule has 0 fully saturated rings. The Kier molecular flexibility index (Phi) is 3.91. The van der Waals surface area contributed by atoms with E-state index in [0.29, 0.717) is 6.54 Å². The van der Waals surface area contributed by atoms with Crippen LogP contribution in [0.1, 0.15) is 9.75 Å². The van der Waals surface area contributed by atoms with Crippen molar-refractivity contribution in [1.29, 1.82) is 0 Å². The summed E-state index contributed by atoms with van der Waals surface area (Å²) in [6.45, 7) is 0.423. The highest BCUT2D eigenvalue weighted by atomic mass is 32.1. The van der Waals surface area contributed by atoms with Crippen LogP contribution in [0.25, 0.3) is 0 Å². The summed E-state index contributed by atoms with van der Waals surface area (Å²) in [7, 11) is 0. The first-order valence-electron chi connectivity index (χ1n) is 6.48. The van der Waals surface area contributed by atoms with Crippen molar-refractivity contribution in [3.63, 3.8) is 0 Å². The van der Waals surface area contributed by atoms with Crippen molar-refractivity contribution >= 4 is 22.9 Å². The SMILES string of the molecule is O=C1COc2ccccc2N1Cc1ccc(C#CCO)s1. The molecule has 0 unspecified atom stereocenters. The second kappa shape index (κ2) is 6.00. The summed E-state index contributed by atoms with van der Waals surface area (Å²) in [5.74, 6) is 6.17. The molecule has 0 aliphatic carbocycles. The number of hydrogen-bond acceptors (Lipinski definition) is 4. The summed E-state index contributed by atoms with van der Waals surface area (Å²) < 4.78 is 5.42. The maximum absolute atomic E-state index is 12.1. The Morgan fingerprint density at radius 1 is 1.29 bits per heavy atom. The number of aliphatic hydroxyl groups is 1. The second-order valence-corrected chi connectivity index (χ2v) is 5.63. The number of benzene rings is 1. The zero-order valence-electron chi connectivity index (χ0n) is 11.2. The quantitative estimate of drug-likeness (QED) is 0.863. The van der Waals surface area contributed by atoms with E-state index in [1.807, 2.05) is 36.4 Å². The topological polar surface area (TPSA) is 49.8 Å². The molecule has 4 nitrogen and oxygen atoms in total. The van der Waals surface area contributed by atoms with Gasteiger partial charge in [0.05, 0.1) is 17.1 Å². The number of aliphatic hydroxyl groups excluding tert-OH is 1. The molecule has 2 aromatic rings. The third-order valence-electron chi connectivity index (χ3n) is 3.07. The van der Waals surface area contributed by atoms with Crippen LogP contribution >= 0.6 is 11.3 Å². The average Bonchev–Trinajstić information content (AvgIpc) is 2.96. The molecule has 0 saturated carbocycles. The van der Waals surface area contributed by atoms with Crippen LogP contribution in [0.3, 0.4) is 0 Å². The Bertz CT molecular complexity index is 726. The molecular weight excluding hydrogens is 286 g/mol. The molecule has 1 amide bonds. The molecule has 106 valence electrons. The van der Waals surface area contributed by atoms with Crippen molar-refractivity contribution in [3.05, 3.63) is 46.2 Å². The largest absolute Gasteiger partial charge is 0.482 e. The maximum Gasteiger partial charge on any atom is 0.265 e. The monoisotopic (exact) mass is 299 g/mol. The lowest BCUT2D eigenvalue weighted by atomic mass is 10.2. The number of amides is 1. The Morgan fingerprint density at radius 3 is 3.00 bits per heavy atom. The molecule has 0 spiro atoms. The molecule has 3 rings (SSSR count). The van der Waals surface area contributed by atoms with Gasteiger partial charge in [-0.2, -0.15) is 0 Å². The first-order valence-corrected chi connectivity index (χ1v) is 7.30. The number of thiophene rings is 1. The van der Waals surface area contributed by atoms with E-state index in [1.54, 1.807) is 4.90 Å². The number of ether oxygens (including phenoxy) is 1. The molecule has 21 heavy (non-hydrogen) atoms. The summed E-state index contributed by atoms with van der Waals surface area (Å²) in [4.78, 5) is 15.7. The normalized spacial score (nSPS) is 13.2. The molecule has 0 atom stereocenters. The lowest BCUT2D eigenvalue weighted by Gasteiger charge is -2.28. The van der Waals surface area contributed by atoms with Gasteiger partial charge >= 0.3 is 0 Å². The van der Waals surface area contributed by atoms with Crippen LogP contribution in [0.2, 0.25) is 0 Å². The van der Waals surface area contributed by atoms with Gasteiger partial charge < -0.3 is 14.7 Å².